The molecule has 12 fully saturated rings. The molecule has 0 aromatic heterocycles. The fourth-order valence-electron chi connectivity index (χ4n) is 18.6. The number of aliphatic hydroxyl groups is 1. The molecule has 3 spiro atoms. The molecular formula is C76H129N3O13. The average Bonchev–Trinajstić information content (AvgIpc) is 1.55. The first-order valence-electron chi connectivity index (χ1n) is 37.2. The van der Waals surface area contributed by atoms with E-state index in [0.29, 0.717) is 79.6 Å². The van der Waals surface area contributed by atoms with Crippen molar-refractivity contribution in [3.63, 3.8) is 0 Å². The molecule has 1 N–H and O–H groups in total. The summed E-state index contributed by atoms with van der Waals surface area (Å²) in [5.74, 6) is 3.65. The summed E-state index contributed by atoms with van der Waals surface area (Å²) < 4.78 is 55.2. The number of hydrogen-bond donors (Lipinski definition) is 1. The van der Waals surface area contributed by atoms with Crippen LogP contribution in [0.5, 0.6) is 0 Å². The molecule has 0 amide bonds. The highest BCUT2D eigenvalue weighted by Crippen LogP contribution is 2.63. The molecule has 9 aliphatic heterocycles. The Labute approximate surface area is 556 Å². The van der Waals surface area contributed by atoms with Gasteiger partial charge in [-0.25, -0.2) is 0 Å². The summed E-state index contributed by atoms with van der Waals surface area (Å²) in [4.78, 5) is 45.8. The molecule has 16 heteroatoms. The highest BCUT2D eigenvalue weighted by atomic mass is 16.6. The Morgan fingerprint density at radius 3 is 1.30 bits per heavy atom. The molecule has 0 bridgehead atoms. The Bertz CT molecular complexity index is 2310. The Morgan fingerprint density at radius 2 is 0.935 bits per heavy atom. The van der Waals surface area contributed by atoms with Gasteiger partial charge in [-0.3, -0.25) is 14.4 Å². The molecule has 12 aliphatic rings. The number of aliphatic hydroxyl groups excluding tert-OH is 1. The number of likely N-dealkylation sites (tertiary alicyclic amines) is 3. The molecule has 9 saturated heterocycles. The summed E-state index contributed by atoms with van der Waals surface area (Å²) in [6.45, 7) is 32.9. The minimum atomic E-state index is -0.249. The van der Waals surface area contributed by atoms with E-state index < -0.39 is 0 Å². The van der Waals surface area contributed by atoms with E-state index in [1.165, 1.54) is 96.2 Å². The van der Waals surface area contributed by atoms with Crippen molar-refractivity contribution in [3.05, 3.63) is 23.3 Å². The van der Waals surface area contributed by atoms with Crippen LogP contribution >= 0.6 is 0 Å². The van der Waals surface area contributed by atoms with Crippen molar-refractivity contribution in [1.82, 2.24) is 14.7 Å². The maximum Gasteiger partial charge on any atom is 0.155 e. The van der Waals surface area contributed by atoms with E-state index in [0.717, 1.165) is 129 Å². The molecule has 0 aromatic rings. The van der Waals surface area contributed by atoms with Crippen LogP contribution in [0.15, 0.2) is 23.3 Å². The highest BCUT2D eigenvalue weighted by molar-refractivity contribution is 5.90. The molecule has 3 aliphatic carbocycles. The molecular weight excluding hydrogens is 1160 g/mol. The summed E-state index contributed by atoms with van der Waals surface area (Å²) in [5, 5.41) is 7.00. The lowest BCUT2D eigenvalue weighted by atomic mass is 9.64. The number of Topliss-reactive ketones (excluding diaryl/α,β-unsaturated/α-hetero) is 2. The van der Waals surface area contributed by atoms with Crippen LogP contribution in [0.1, 0.15) is 223 Å². The molecule has 16 nitrogen and oxygen atoms in total. The maximum absolute atomic E-state index is 12.8. The van der Waals surface area contributed by atoms with E-state index in [4.69, 9.17) is 47.7 Å². The smallest absolute Gasteiger partial charge is 0.155 e. The van der Waals surface area contributed by atoms with Crippen LogP contribution < -0.4 is 0 Å². The minimum Gasteiger partial charge on any atom is -0.400 e. The van der Waals surface area contributed by atoms with E-state index >= 15 is 0 Å². The molecule has 3 saturated carbocycles. The van der Waals surface area contributed by atoms with Gasteiger partial charge in [0.15, 0.2) is 5.78 Å². The van der Waals surface area contributed by atoms with Gasteiger partial charge in [-0.05, 0) is 257 Å². The Hall–Kier alpha value is -2.03. The first kappa shape index (κ1) is 74.2. The van der Waals surface area contributed by atoms with Gasteiger partial charge in [0.1, 0.15) is 34.0 Å². The van der Waals surface area contributed by atoms with E-state index in [9.17, 15) is 14.4 Å². The van der Waals surface area contributed by atoms with Crippen LogP contribution in [0, 0.1) is 41.4 Å². The van der Waals surface area contributed by atoms with Crippen LogP contribution in [0.2, 0.25) is 0 Å². The minimum absolute atomic E-state index is 0.0535. The van der Waals surface area contributed by atoms with Gasteiger partial charge in [-0.15, -0.1) is 0 Å². The summed E-state index contributed by atoms with van der Waals surface area (Å²) >= 11 is 0. The van der Waals surface area contributed by atoms with E-state index in [-0.39, 0.29) is 81.6 Å². The number of allylic oxidation sites excluding steroid dienone is 2. The second-order valence-electron chi connectivity index (χ2n) is 32.1. The van der Waals surface area contributed by atoms with Gasteiger partial charge in [0.2, 0.25) is 0 Å². The van der Waals surface area contributed by atoms with Crippen LogP contribution in [-0.4, -0.2) is 215 Å². The third-order valence-corrected chi connectivity index (χ3v) is 24.2. The van der Waals surface area contributed by atoms with Crippen molar-refractivity contribution in [2.75, 3.05) is 107 Å². The topological polar surface area (TPSA) is 184 Å². The van der Waals surface area contributed by atoms with Crippen molar-refractivity contribution < 1.29 is 62.1 Å². The van der Waals surface area contributed by atoms with Crippen LogP contribution in [-0.2, 0) is 57.0 Å². The lowest BCUT2D eigenvalue weighted by molar-refractivity contribution is -0.126. The van der Waals surface area contributed by atoms with E-state index in [1.54, 1.807) is 7.11 Å². The fourth-order valence-corrected chi connectivity index (χ4v) is 18.6. The number of methoxy groups -OCH3 is 3. The van der Waals surface area contributed by atoms with Gasteiger partial charge in [0.05, 0.1) is 73.6 Å². The number of nitrogens with zero attached hydrogens (tertiary/aromatic N) is 3. The highest BCUT2D eigenvalue weighted by Gasteiger charge is 2.74. The molecule has 0 radical (unpaired) electrons. The van der Waals surface area contributed by atoms with Gasteiger partial charge < -0.3 is 62.4 Å². The van der Waals surface area contributed by atoms with E-state index in [1.807, 2.05) is 20.3 Å². The second kappa shape index (κ2) is 32.8. The van der Waals surface area contributed by atoms with Gasteiger partial charge in [0, 0.05) is 72.4 Å². The monoisotopic (exact) mass is 1290 g/mol. The Kier molecular flexibility index (Phi) is 26.4. The molecule has 0 aromatic carbocycles. The number of epoxide rings is 6. The number of ether oxygens (including phenoxy) is 9. The Morgan fingerprint density at radius 1 is 0.554 bits per heavy atom. The predicted octanol–water partition coefficient (Wildman–Crippen LogP) is 12.1. The van der Waals surface area contributed by atoms with Crippen LogP contribution in [0.25, 0.3) is 0 Å². The normalized spacial score (nSPS) is 39.7. The van der Waals surface area contributed by atoms with Crippen molar-refractivity contribution in [2.24, 2.45) is 41.4 Å². The zero-order chi connectivity index (χ0) is 66.1. The second-order valence-corrected chi connectivity index (χ2v) is 32.1. The molecule has 2 unspecified atom stereocenters. The maximum atomic E-state index is 12.8. The number of hydrogen-bond acceptors (Lipinski definition) is 16. The number of ketones is 3. The van der Waals surface area contributed by atoms with Crippen molar-refractivity contribution in [2.45, 2.75) is 293 Å². The molecule has 12 rings (SSSR count). The van der Waals surface area contributed by atoms with E-state index in [2.05, 4.69) is 83.1 Å². The van der Waals surface area contributed by atoms with Crippen molar-refractivity contribution in [1.29, 1.82) is 0 Å². The molecule has 526 valence electrons. The zero-order valence-corrected chi connectivity index (χ0v) is 60.0. The summed E-state index contributed by atoms with van der Waals surface area (Å²) in [7, 11) is 6.40. The lowest BCUT2D eigenvalue weighted by Crippen LogP contribution is -2.53. The number of carbonyl (C=O) groups excluding carboxylic acids is 3. The lowest BCUT2D eigenvalue weighted by Gasteiger charge is -2.43. The van der Waals surface area contributed by atoms with Gasteiger partial charge in [0.25, 0.3) is 0 Å². The first-order chi connectivity index (χ1) is 44.1. The van der Waals surface area contributed by atoms with Gasteiger partial charge in [-0.1, -0.05) is 39.3 Å². The third-order valence-electron chi connectivity index (χ3n) is 24.2. The molecule has 9 heterocycles. The quantitative estimate of drug-likeness (QED) is 0.0392. The average molecular weight is 1290 g/mol. The van der Waals surface area contributed by atoms with Crippen molar-refractivity contribution in [3.8, 4) is 0 Å². The third kappa shape index (κ3) is 18.4. The number of carbonyl (C=O) groups is 3. The Balaban J connectivity index is 0.000000161. The molecule has 92 heavy (non-hydrogen) atoms. The van der Waals surface area contributed by atoms with Gasteiger partial charge >= 0.3 is 0 Å². The van der Waals surface area contributed by atoms with Crippen molar-refractivity contribution >= 4 is 17.3 Å². The number of rotatable bonds is 31. The SMILES string of the molecule is CO.CO[C@@H]1C(=CC(=O)CCCN2CCCC2)CC[C@]2(CO2)[C@H]1[C@@]1(C)O[C@@H]1CC=C(C)C.CO[C@@H]1C(CC(=O)CCCN2CCCC2)CC[C@]2(CO2)[C@H]1[C@@]1(C)O[C@@H]1CCC(C)C.CO[C@@H]1C(CC(=O)CCCN2CCCC2)CC[C@]2(CO2)[C@H]1[C@@]1(C)O[C@@H]1CCC(C)C. The van der Waals surface area contributed by atoms with Crippen LogP contribution in [0.3, 0.4) is 0 Å². The summed E-state index contributed by atoms with van der Waals surface area (Å²) in [6, 6.07) is 0. The zero-order valence-electron chi connectivity index (χ0n) is 60.0. The first-order valence-corrected chi connectivity index (χ1v) is 37.2. The standard InChI is InChI=1S/2C25H43NO4.C25H39NO4.CH4O/c3*1-18(2)9-10-21-24(3,30-21)23-22(28-4)19(11-12-25(23)17-29-25)16-20(27)8-7-15-26-13-5-6-14-26;1-2/h2*18-19,21-23H,5-17H2,1-4H3;9,16,21-23H,5-8,10-15,17H2,1-4H3;2H,1H3/t2*19?,21-,22-,23-,24+,25+;21-,22-,23-,24+,25+;/m111./s1. The van der Waals surface area contributed by atoms with Gasteiger partial charge in [-0.2, -0.15) is 0 Å². The largest absolute Gasteiger partial charge is 0.400 e. The predicted molar refractivity (Wildman–Crippen MR) is 361 cm³/mol. The summed E-state index contributed by atoms with van der Waals surface area (Å²) in [5.41, 5.74) is 1.60. The van der Waals surface area contributed by atoms with Crippen LogP contribution in [0.4, 0.5) is 0 Å². The summed E-state index contributed by atoms with van der Waals surface area (Å²) in [6.07, 6.45) is 30.6. The fraction of sp³-hybridized carbons (Fsp3) is 0.908. The molecule has 17 atom stereocenters.